The molecule has 19 heavy (non-hydrogen) atoms. The van der Waals surface area contributed by atoms with Crippen LogP contribution in [0.25, 0.3) is 11.2 Å². The number of rotatable bonds is 4. The molecule has 3 aromatic heterocycles. The van der Waals surface area contributed by atoms with Crippen LogP contribution in [0, 0.1) is 0 Å². The fourth-order valence-electron chi connectivity index (χ4n) is 2.03. The quantitative estimate of drug-likeness (QED) is 0.692. The molecule has 98 valence electrons. The Labute approximate surface area is 120 Å². The minimum absolute atomic E-state index is 0.509. The van der Waals surface area contributed by atoms with Gasteiger partial charge in [-0.3, -0.25) is 0 Å². The van der Waals surface area contributed by atoms with Crippen LogP contribution < -0.4 is 0 Å². The van der Waals surface area contributed by atoms with Gasteiger partial charge in [-0.05, 0) is 18.2 Å². The third-order valence-electron chi connectivity index (χ3n) is 2.84. The summed E-state index contributed by atoms with van der Waals surface area (Å²) < 4.78 is 7.38. The number of pyridine rings is 1. The van der Waals surface area contributed by atoms with Gasteiger partial charge in [0.25, 0.3) is 0 Å². The molecule has 0 spiro atoms. The molecule has 0 N–H and O–H groups in total. The van der Waals surface area contributed by atoms with Crippen LogP contribution in [0.15, 0.2) is 35.1 Å². The molecule has 4 nitrogen and oxygen atoms in total. The van der Waals surface area contributed by atoms with Gasteiger partial charge in [0.05, 0.1) is 17.8 Å². The van der Waals surface area contributed by atoms with Crippen LogP contribution >= 0.6 is 23.2 Å². The Morgan fingerprint density at radius 3 is 3.00 bits per heavy atom. The molecule has 0 aliphatic rings. The van der Waals surface area contributed by atoms with Gasteiger partial charge in [0.15, 0.2) is 5.65 Å². The van der Waals surface area contributed by atoms with Gasteiger partial charge in [-0.2, -0.15) is 0 Å². The van der Waals surface area contributed by atoms with E-state index in [-0.39, 0.29) is 0 Å². The van der Waals surface area contributed by atoms with Crippen molar-refractivity contribution in [2.75, 3.05) is 5.88 Å². The van der Waals surface area contributed by atoms with Crippen LogP contribution in [0.2, 0.25) is 5.02 Å². The Balaban J connectivity index is 2.10. The molecule has 0 aliphatic carbocycles. The summed E-state index contributed by atoms with van der Waals surface area (Å²) in [6, 6.07) is 5.59. The summed E-state index contributed by atoms with van der Waals surface area (Å²) in [6.07, 6.45) is 3.95. The standard InChI is InChI=1S/C13H11Cl2N3O/c14-4-3-12-17-11-6-9(15)7-16-13(11)18(12)8-10-2-1-5-19-10/h1-2,5-7H,3-4,8H2. The molecule has 0 saturated heterocycles. The molecule has 0 saturated carbocycles. The normalized spacial score (nSPS) is 11.3. The van der Waals surface area contributed by atoms with Crippen molar-refractivity contribution in [1.82, 2.24) is 14.5 Å². The van der Waals surface area contributed by atoms with E-state index in [1.165, 1.54) is 0 Å². The number of imidazole rings is 1. The van der Waals surface area contributed by atoms with Crippen LogP contribution in [0.3, 0.4) is 0 Å². The van der Waals surface area contributed by atoms with E-state index in [1.54, 1.807) is 18.5 Å². The van der Waals surface area contributed by atoms with Gasteiger partial charge in [-0.15, -0.1) is 11.6 Å². The van der Waals surface area contributed by atoms with Gasteiger partial charge >= 0.3 is 0 Å². The molecule has 0 fully saturated rings. The van der Waals surface area contributed by atoms with E-state index >= 15 is 0 Å². The highest BCUT2D eigenvalue weighted by atomic mass is 35.5. The summed E-state index contributed by atoms with van der Waals surface area (Å²) in [6.45, 7) is 0.588. The second kappa shape index (κ2) is 5.23. The van der Waals surface area contributed by atoms with E-state index in [2.05, 4.69) is 9.97 Å². The van der Waals surface area contributed by atoms with Crippen molar-refractivity contribution in [3.8, 4) is 0 Å². The first-order chi connectivity index (χ1) is 9.28. The number of furan rings is 1. The summed E-state index contributed by atoms with van der Waals surface area (Å²) in [5.74, 6) is 2.25. The minimum Gasteiger partial charge on any atom is -0.467 e. The topological polar surface area (TPSA) is 43.9 Å². The van der Waals surface area contributed by atoms with Gasteiger partial charge in [0, 0.05) is 18.5 Å². The highest BCUT2D eigenvalue weighted by molar-refractivity contribution is 6.31. The van der Waals surface area contributed by atoms with Crippen molar-refractivity contribution in [1.29, 1.82) is 0 Å². The van der Waals surface area contributed by atoms with Crippen molar-refractivity contribution >= 4 is 34.4 Å². The molecule has 0 aliphatic heterocycles. The van der Waals surface area contributed by atoms with Crippen LogP contribution in [0.5, 0.6) is 0 Å². The number of nitrogens with zero attached hydrogens (tertiary/aromatic N) is 3. The molecule has 0 unspecified atom stereocenters. The van der Waals surface area contributed by atoms with Crippen molar-refractivity contribution in [3.05, 3.63) is 47.3 Å². The first-order valence-electron chi connectivity index (χ1n) is 5.87. The molecule has 0 bridgehead atoms. The molecule has 6 heteroatoms. The average molecular weight is 296 g/mol. The van der Waals surface area contributed by atoms with E-state index in [0.29, 0.717) is 23.9 Å². The lowest BCUT2D eigenvalue weighted by molar-refractivity contribution is 0.491. The van der Waals surface area contributed by atoms with E-state index in [0.717, 1.165) is 22.7 Å². The lowest BCUT2D eigenvalue weighted by Crippen LogP contribution is -2.06. The molecule has 0 amide bonds. The maximum atomic E-state index is 5.94. The number of aryl methyl sites for hydroxylation is 1. The van der Waals surface area contributed by atoms with E-state index < -0.39 is 0 Å². The predicted octanol–water partition coefficient (Wildman–Crippen LogP) is 3.51. The highest BCUT2D eigenvalue weighted by Crippen LogP contribution is 2.20. The van der Waals surface area contributed by atoms with E-state index in [4.69, 9.17) is 27.6 Å². The van der Waals surface area contributed by atoms with Crippen LogP contribution in [0.4, 0.5) is 0 Å². The van der Waals surface area contributed by atoms with E-state index in [9.17, 15) is 0 Å². The lowest BCUT2D eigenvalue weighted by Gasteiger charge is -2.05. The third-order valence-corrected chi connectivity index (χ3v) is 3.24. The van der Waals surface area contributed by atoms with Crippen LogP contribution in [-0.4, -0.2) is 20.4 Å². The molecule has 3 heterocycles. The SMILES string of the molecule is ClCCc1nc2cc(Cl)cnc2n1Cc1ccco1. The van der Waals surface area contributed by atoms with Gasteiger partial charge in [0.2, 0.25) is 0 Å². The van der Waals surface area contributed by atoms with Gasteiger partial charge < -0.3 is 8.98 Å². The summed E-state index contributed by atoms with van der Waals surface area (Å²) in [5, 5.41) is 0.576. The van der Waals surface area contributed by atoms with Crippen LogP contribution in [-0.2, 0) is 13.0 Å². The summed E-state index contributed by atoms with van der Waals surface area (Å²) in [4.78, 5) is 8.88. The molecular weight excluding hydrogens is 285 g/mol. The first kappa shape index (κ1) is 12.5. The summed E-state index contributed by atoms with van der Waals surface area (Å²) in [7, 11) is 0. The Hall–Kier alpha value is -1.52. The maximum absolute atomic E-state index is 5.94. The molecule has 3 rings (SSSR count). The molecule has 0 radical (unpaired) electrons. The second-order valence-electron chi connectivity index (χ2n) is 4.13. The van der Waals surface area contributed by atoms with Crippen molar-refractivity contribution in [3.63, 3.8) is 0 Å². The number of aromatic nitrogens is 3. The van der Waals surface area contributed by atoms with Crippen molar-refractivity contribution in [2.45, 2.75) is 13.0 Å². The average Bonchev–Trinajstić information content (AvgIpc) is 2.99. The Morgan fingerprint density at radius 1 is 1.37 bits per heavy atom. The largest absolute Gasteiger partial charge is 0.467 e. The lowest BCUT2D eigenvalue weighted by atomic mass is 10.4. The molecule has 0 aromatic carbocycles. The minimum atomic E-state index is 0.509. The number of hydrogen-bond donors (Lipinski definition) is 0. The van der Waals surface area contributed by atoms with Gasteiger partial charge in [-0.25, -0.2) is 9.97 Å². The zero-order chi connectivity index (χ0) is 13.2. The second-order valence-corrected chi connectivity index (χ2v) is 4.94. The van der Waals surface area contributed by atoms with E-state index in [1.807, 2.05) is 16.7 Å². The summed E-state index contributed by atoms with van der Waals surface area (Å²) >= 11 is 11.8. The maximum Gasteiger partial charge on any atom is 0.160 e. The summed E-state index contributed by atoms with van der Waals surface area (Å²) in [5.41, 5.74) is 1.57. The Morgan fingerprint density at radius 2 is 2.26 bits per heavy atom. The smallest absolute Gasteiger partial charge is 0.160 e. The monoisotopic (exact) mass is 295 g/mol. The van der Waals surface area contributed by atoms with Crippen LogP contribution in [0.1, 0.15) is 11.6 Å². The number of hydrogen-bond acceptors (Lipinski definition) is 3. The zero-order valence-electron chi connectivity index (χ0n) is 10.0. The molecule has 0 atom stereocenters. The first-order valence-corrected chi connectivity index (χ1v) is 6.78. The third kappa shape index (κ3) is 2.46. The fourth-order valence-corrected chi connectivity index (χ4v) is 2.35. The fraction of sp³-hybridized carbons (Fsp3) is 0.231. The van der Waals surface area contributed by atoms with Crippen molar-refractivity contribution in [2.24, 2.45) is 0 Å². The Kier molecular flexibility index (Phi) is 3.44. The highest BCUT2D eigenvalue weighted by Gasteiger charge is 2.13. The number of halogens is 2. The number of alkyl halides is 1. The van der Waals surface area contributed by atoms with Crippen molar-refractivity contribution < 1.29 is 4.42 Å². The predicted molar refractivity (Wildman–Crippen MR) is 74.8 cm³/mol. The zero-order valence-corrected chi connectivity index (χ0v) is 11.5. The number of fused-ring (bicyclic) bond motifs is 1. The molecular formula is C13H11Cl2N3O. The van der Waals surface area contributed by atoms with Gasteiger partial charge in [-0.1, -0.05) is 11.6 Å². The molecule has 3 aromatic rings. The van der Waals surface area contributed by atoms with Gasteiger partial charge in [0.1, 0.15) is 17.1 Å². The Bertz CT molecular complexity index is 691.